The van der Waals surface area contributed by atoms with Gasteiger partial charge in [0.05, 0.1) is 0 Å². The Hall–Kier alpha value is 2.26. The van der Waals surface area contributed by atoms with Gasteiger partial charge in [-0.2, -0.15) is 0 Å². The topological polar surface area (TPSA) is 0 Å². The van der Waals surface area contributed by atoms with Crippen LogP contribution in [-0.2, 0) is 0 Å². The fraction of sp³-hybridized carbons (Fsp3) is 0. The summed E-state index contributed by atoms with van der Waals surface area (Å²) in [6.07, 6.45) is 0. The van der Waals surface area contributed by atoms with Gasteiger partial charge in [0.2, 0.25) is 0 Å². The predicted molar refractivity (Wildman–Crippen MR) is 39.1 cm³/mol. The minimum atomic E-state index is -3.11. The van der Waals surface area contributed by atoms with Crippen LogP contribution in [0.15, 0.2) is 0 Å². The summed E-state index contributed by atoms with van der Waals surface area (Å²) in [5.41, 5.74) is 0. The van der Waals surface area contributed by atoms with Crippen LogP contribution in [0.2, 0.25) is 0 Å². The zero-order valence-corrected chi connectivity index (χ0v) is 10.8. The van der Waals surface area contributed by atoms with E-state index in [1.165, 1.54) is 0 Å². The zero-order valence-electron chi connectivity index (χ0n) is 2.72. The Morgan fingerprint density at radius 3 is 0.833 bits per heavy atom. The quantitative estimate of drug-likeness (QED) is 0.589. The molecule has 1 unspecified atom stereocenters. The third-order valence-electron chi connectivity index (χ3n) is 0. The molecule has 0 heterocycles. The first-order chi connectivity index (χ1) is 2.00. The second kappa shape index (κ2) is 4.17. The Morgan fingerprint density at radius 1 is 0.833 bits per heavy atom. The van der Waals surface area contributed by atoms with Crippen molar-refractivity contribution >= 4 is 67.5 Å². The third-order valence-corrected chi connectivity index (χ3v) is 0. The number of hydrogen-bond donors (Lipinski definition) is 0. The van der Waals surface area contributed by atoms with Gasteiger partial charge in [-0.1, -0.05) is 0 Å². The molecular formula is H3AsCl4Ge. The maximum atomic E-state index is 5.01. The fourth-order valence-corrected chi connectivity index (χ4v) is 0. The van der Waals surface area contributed by atoms with Gasteiger partial charge in [0.1, 0.15) is 0 Å². The van der Waals surface area contributed by atoms with E-state index in [9.17, 15) is 0 Å². The van der Waals surface area contributed by atoms with E-state index in [2.05, 4.69) is 0 Å². The molecule has 0 aliphatic rings. The van der Waals surface area contributed by atoms with Gasteiger partial charge in [-0.3, -0.25) is 0 Å². The summed E-state index contributed by atoms with van der Waals surface area (Å²) in [4.78, 5) is 0. The van der Waals surface area contributed by atoms with E-state index < -0.39 is 9.55 Å². The Kier molecular flexibility index (Phi) is 7.72. The van der Waals surface area contributed by atoms with Crippen LogP contribution < -0.4 is 0 Å². The first kappa shape index (κ1) is 11.1. The Labute approximate surface area is 66.9 Å². The van der Waals surface area contributed by atoms with E-state index in [0.29, 0.717) is 0 Å². The van der Waals surface area contributed by atoms with Crippen molar-refractivity contribution in [2.45, 2.75) is 0 Å². The molecular weight excluding hydrogens is 289 g/mol. The summed E-state index contributed by atoms with van der Waals surface area (Å²) in [5, 5.41) is 0. The first-order valence-corrected chi connectivity index (χ1v) is 11.8. The first-order valence-electron chi connectivity index (χ1n) is 0.756. The van der Waals surface area contributed by atoms with Crippen molar-refractivity contribution in [3.05, 3.63) is 0 Å². The van der Waals surface area contributed by atoms with E-state index in [0.717, 1.165) is 0 Å². The molecule has 0 radical (unpaired) electrons. The molecule has 0 aliphatic carbocycles. The van der Waals surface area contributed by atoms with Gasteiger partial charge in [-0.05, 0) is 0 Å². The van der Waals surface area contributed by atoms with Gasteiger partial charge in [0.25, 0.3) is 0 Å². The van der Waals surface area contributed by atoms with Gasteiger partial charge in [0.15, 0.2) is 0 Å². The normalized spacial score (nSPS) is 10.0. The van der Waals surface area contributed by atoms with Crippen molar-refractivity contribution in [1.82, 2.24) is 0 Å². The van der Waals surface area contributed by atoms with Crippen molar-refractivity contribution < 1.29 is 0 Å². The second-order valence-electron chi connectivity index (χ2n) is 0.429. The van der Waals surface area contributed by atoms with E-state index >= 15 is 0 Å². The number of hydrogen-bond acceptors (Lipinski definition) is 0. The van der Waals surface area contributed by atoms with Crippen LogP contribution in [0, 0.1) is 0 Å². The molecule has 0 nitrogen and oxygen atoms in total. The van der Waals surface area contributed by atoms with Crippen LogP contribution in [0.1, 0.15) is 0 Å². The van der Waals surface area contributed by atoms with Crippen LogP contribution in [0.3, 0.4) is 0 Å². The molecule has 40 valence electrons. The van der Waals surface area contributed by atoms with Gasteiger partial charge in [-0.25, -0.2) is 0 Å². The van der Waals surface area contributed by atoms with E-state index in [4.69, 9.17) is 40.0 Å². The summed E-state index contributed by atoms with van der Waals surface area (Å²) in [5.74, 6) is 0. The molecule has 6 heteroatoms. The molecule has 0 saturated heterocycles. The molecule has 0 spiro atoms. The molecule has 0 fully saturated rings. The Bertz CT molecular complexity index is 23.0. The summed E-state index contributed by atoms with van der Waals surface area (Å²) >= 11 is 0. The Morgan fingerprint density at radius 2 is 0.833 bits per heavy atom. The molecule has 0 aromatic carbocycles. The molecule has 0 amide bonds. The molecule has 0 saturated carbocycles. The van der Waals surface area contributed by atoms with Crippen LogP contribution >= 0.6 is 40.0 Å². The van der Waals surface area contributed by atoms with Gasteiger partial charge in [0, 0.05) is 0 Å². The molecule has 0 aromatic heterocycles. The maximum absolute atomic E-state index is 5.01. The van der Waals surface area contributed by atoms with Gasteiger partial charge in [-0.15, -0.1) is 0 Å². The van der Waals surface area contributed by atoms with Gasteiger partial charge >= 0.3 is 67.5 Å². The van der Waals surface area contributed by atoms with Crippen molar-refractivity contribution in [2.75, 3.05) is 0 Å². The zero-order chi connectivity index (χ0) is 4.50. The molecule has 0 bridgehead atoms. The van der Waals surface area contributed by atoms with Crippen LogP contribution in [0.25, 0.3) is 0 Å². The second-order valence-corrected chi connectivity index (χ2v) is 20.0. The predicted octanol–water partition coefficient (Wildman–Crippen LogP) is 1.19. The summed E-state index contributed by atoms with van der Waals surface area (Å²) in [6, 6.07) is 0. The van der Waals surface area contributed by atoms with Crippen molar-refractivity contribution in [1.29, 1.82) is 0 Å². The average Bonchev–Trinajstić information content (AvgIpc) is 0.722. The Balaban J connectivity index is 0. The minimum absolute atomic E-state index is 0. The molecule has 0 rings (SSSR count). The molecule has 0 aliphatic heterocycles. The fourth-order valence-electron chi connectivity index (χ4n) is 0. The van der Waals surface area contributed by atoms with E-state index in [1.807, 2.05) is 0 Å². The average molecular weight is 292 g/mol. The van der Waals surface area contributed by atoms with Crippen LogP contribution in [-0.4, -0.2) is 27.5 Å². The standard InChI is InChI=1S/AsH3.Cl4Ge/c;1-5(2,3)4/h1H3;. The van der Waals surface area contributed by atoms with Crippen molar-refractivity contribution in [3.63, 3.8) is 0 Å². The van der Waals surface area contributed by atoms with E-state index in [1.54, 1.807) is 0 Å². The van der Waals surface area contributed by atoms with Gasteiger partial charge < -0.3 is 0 Å². The SMILES string of the molecule is [AsH3].[Cl][Ge]([Cl])([Cl])[Cl]. The number of rotatable bonds is 0. The van der Waals surface area contributed by atoms with Crippen LogP contribution in [0.4, 0.5) is 0 Å². The molecule has 6 heavy (non-hydrogen) atoms. The monoisotopic (exact) mass is 292 g/mol. The summed E-state index contributed by atoms with van der Waals surface area (Å²) < 4.78 is 0. The van der Waals surface area contributed by atoms with Crippen molar-refractivity contribution in [3.8, 4) is 0 Å². The third kappa shape index (κ3) is 33.9. The molecule has 0 N–H and O–H groups in total. The molecule has 1 atom stereocenters. The number of halogens is 4. The van der Waals surface area contributed by atoms with Crippen LogP contribution in [0.5, 0.6) is 0 Å². The van der Waals surface area contributed by atoms with E-state index in [-0.39, 0.29) is 18.0 Å². The molecule has 0 aromatic rings. The summed E-state index contributed by atoms with van der Waals surface area (Å²) in [7, 11) is 16.9. The summed E-state index contributed by atoms with van der Waals surface area (Å²) in [6.45, 7) is 0. The van der Waals surface area contributed by atoms with Crippen molar-refractivity contribution in [2.24, 2.45) is 0 Å².